The Kier molecular flexibility index (Phi) is 6.53. The second kappa shape index (κ2) is 9.06. The van der Waals surface area contributed by atoms with Crippen LogP contribution in [0.15, 0.2) is 18.2 Å². The van der Waals surface area contributed by atoms with E-state index >= 15 is 0 Å². The van der Waals surface area contributed by atoms with Gasteiger partial charge in [-0.05, 0) is 43.4 Å². The van der Waals surface area contributed by atoms with Gasteiger partial charge < -0.3 is 23.7 Å². The summed E-state index contributed by atoms with van der Waals surface area (Å²) < 4.78 is 28.1. The van der Waals surface area contributed by atoms with Crippen LogP contribution in [0.5, 0.6) is 11.5 Å². The van der Waals surface area contributed by atoms with Gasteiger partial charge in [0.05, 0.1) is 26.7 Å². The van der Waals surface area contributed by atoms with E-state index in [0.29, 0.717) is 24.7 Å². The predicted molar refractivity (Wildman–Crippen MR) is 90.6 cm³/mol. The molecule has 6 nitrogen and oxygen atoms in total. The van der Waals surface area contributed by atoms with Gasteiger partial charge in [0.2, 0.25) is 0 Å². The van der Waals surface area contributed by atoms with Gasteiger partial charge in [0, 0.05) is 12.8 Å². The maximum Gasteiger partial charge on any atom is 0.309 e. The van der Waals surface area contributed by atoms with Crippen molar-refractivity contribution in [3.05, 3.63) is 23.8 Å². The molecule has 1 aromatic rings. The lowest BCUT2D eigenvalue weighted by Crippen LogP contribution is -2.27. The maximum absolute atomic E-state index is 11.5. The lowest BCUT2D eigenvalue weighted by atomic mass is 10.1. The van der Waals surface area contributed by atoms with Gasteiger partial charge in [0.25, 0.3) is 0 Å². The first-order valence-electron chi connectivity index (χ1n) is 9.01. The van der Waals surface area contributed by atoms with E-state index in [1.807, 2.05) is 18.2 Å². The summed E-state index contributed by atoms with van der Waals surface area (Å²) in [5.74, 6) is 0.918. The zero-order valence-electron chi connectivity index (χ0n) is 14.7. The summed E-state index contributed by atoms with van der Waals surface area (Å²) in [6.07, 6.45) is 5.66. The van der Waals surface area contributed by atoms with Crippen LogP contribution in [0.1, 0.15) is 44.1 Å². The molecule has 2 aliphatic rings. The van der Waals surface area contributed by atoms with E-state index in [4.69, 9.17) is 23.7 Å². The van der Waals surface area contributed by atoms with Gasteiger partial charge >= 0.3 is 5.97 Å². The lowest BCUT2D eigenvalue weighted by Gasteiger charge is -2.27. The summed E-state index contributed by atoms with van der Waals surface area (Å²) in [6.45, 7) is 1.42. The third-order valence-electron chi connectivity index (χ3n) is 4.38. The zero-order chi connectivity index (χ0) is 17.5. The summed E-state index contributed by atoms with van der Waals surface area (Å²) in [5.41, 5.74) is 0.814. The Morgan fingerprint density at radius 3 is 2.20 bits per heavy atom. The van der Waals surface area contributed by atoms with Crippen molar-refractivity contribution in [2.24, 2.45) is 0 Å². The highest BCUT2D eigenvalue weighted by molar-refractivity contribution is 5.72. The number of esters is 1. The van der Waals surface area contributed by atoms with Gasteiger partial charge in [-0.3, -0.25) is 4.79 Å². The number of carbonyl (C=O) groups excluding carboxylic acids is 1. The number of hydrogen-bond donors (Lipinski definition) is 0. The summed E-state index contributed by atoms with van der Waals surface area (Å²) in [7, 11) is 1.38. The third-order valence-corrected chi connectivity index (χ3v) is 4.38. The molecule has 2 aliphatic heterocycles. The Bertz CT molecular complexity index is 561. The van der Waals surface area contributed by atoms with Crippen LogP contribution in [-0.2, 0) is 25.4 Å². The molecule has 0 N–H and O–H groups in total. The van der Waals surface area contributed by atoms with Gasteiger partial charge in [-0.2, -0.15) is 0 Å². The van der Waals surface area contributed by atoms with E-state index in [-0.39, 0.29) is 25.0 Å². The molecule has 2 heterocycles. The van der Waals surface area contributed by atoms with Crippen molar-refractivity contribution in [3.63, 3.8) is 0 Å². The van der Waals surface area contributed by atoms with Crippen LogP contribution in [0.4, 0.5) is 0 Å². The molecule has 0 aromatic heterocycles. The van der Waals surface area contributed by atoms with Crippen molar-refractivity contribution in [1.82, 2.24) is 0 Å². The first kappa shape index (κ1) is 18.0. The molecular formula is C19H26O6. The van der Waals surface area contributed by atoms with Crippen molar-refractivity contribution in [1.29, 1.82) is 0 Å². The SMILES string of the molecule is COC(=O)Cc1ccc(O[C@@H]2CCCCO2)c(O[C@@H]2CCCCO2)c1. The van der Waals surface area contributed by atoms with E-state index in [9.17, 15) is 4.79 Å². The second-order valence-electron chi connectivity index (χ2n) is 6.36. The lowest BCUT2D eigenvalue weighted by molar-refractivity contribution is -0.139. The molecule has 2 saturated heterocycles. The first-order chi connectivity index (χ1) is 12.2. The number of rotatable bonds is 6. The van der Waals surface area contributed by atoms with Crippen molar-refractivity contribution >= 4 is 5.97 Å². The standard InChI is InChI=1S/C19H26O6/c1-21-17(20)13-14-8-9-15(24-18-6-2-4-10-22-18)16(12-14)25-19-7-3-5-11-23-19/h8-9,12,18-19H,2-7,10-11,13H2,1H3/t18-,19-/m1/s1. The summed E-state index contributed by atoms with van der Waals surface area (Å²) in [6, 6.07) is 5.51. The van der Waals surface area contributed by atoms with E-state index in [2.05, 4.69) is 0 Å². The molecule has 1 aromatic carbocycles. The number of carbonyl (C=O) groups is 1. The van der Waals surface area contributed by atoms with Crippen molar-refractivity contribution < 1.29 is 28.5 Å². The monoisotopic (exact) mass is 350 g/mol. The molecule has 3 rings (SSSR count). The Hall–Kier alpha value is -1.79. The van der Waals surface area contributed by atoms with Crippen LogP contribution in [-0.4, -0.2) is 38.9 Å². The fourth-order valence-electron chi connectivity index (χ4n) is 2.98. The molecule has 0 bridgehead atoms. The smallest absolute Gasteiger partial charge is 0.309 e. The van der Waals surface area contributed by atoms with Gasteiger partial charge in [0.15, 0.2) is 24.1 Å². The predicted octanol–water partition coefficient (Wildman–Crippen LogP) is 3.21. The van der Waals surface area contributed by atoms with E-state index in [1.165, 1.54) is 7.11 Å². The number of methoxy groups -OCH3 is 1. The summed E-state index contributed by atoms with van der Waals surface area (Å²) in [4.78, 5) is 11.5. The Morgan fingerprint density at radius 2 is 1.64 bits per heavy atom. The maximum atomic E-state index is 11.5. The molecule has 138 valence electrons. The minimum absolute atomic E-state index is 0.193. The highest BCUT2D eigenvalue weighted by Crippen LogP contribution is 2.33. The highest BCUT2D eigenvalue weighted by atomic mass is 16.7. The fraction of sp³-hybridized carbons (Fsp3) is 0.632. The minimum Gasteiger partial charge on any atom is -0.469 e. The number of hydrogen-bond acceptors (Lipinski definition) is 6. The second-order valence-corrected chi connectivity index (χ2v) is 6.36. The van der Waals surface area contributed by atoms with Crippen LogP contribution in [0.3, 0.4) is 0 Å². The van der Waals surface area contributed by atoms with Gasteiger partial charge in [-0.1, -0.05) is 6.07 Å². The van der Waals surface area contributed by atoms with Gasteiger partial charge in [-0.25, -0.2) is 0 Å². The Morgan fingerprint density at radius 1 is 1.00 bits per heavy atom. The largest absolute Gasteiger partial charge is 0.469 e. The third kappa shape index (κ3) is 5.34. The number of benzene rings is 1. The molecule has 0 spiro atoms. The van der Waals surface area contributed by atoms with Crippen LogP contribution in [0.25, 0.3) is 0 Å². The molecule has 0 amide bonds. The Balaban J connectivity index is 1.74. The van der Waals surface area contributed by atoms with E-state index < -0.39 is 0 Å². The van der Waals surface area contributed by atoms with Crippen LogP contribution in [0, 0.1) is 0 Å². The van der Waals surface area contributed by atoms with Gasteiger partial charge in [-0.15, -0.1) is 0 Å². The molecule has 6 heteroatoms. The van der Waals surface area contributed by atoms with Crippen molar-refractivity contribution in [2.75, 3.05) is 20.3 Å². The molecule has 0 aliphatic carbocycles. The molecule has 25 heavy (non-hydrogen) atoms. The van der Waals surface area contributed by atoms with Crippen LogP contribution in [0.2, 0.25) is 0 Å². The molecular weight excluding hydrogens is 324 g/mol. The van der Waals surface area contributed by atoms with Crippen molar-refractivity contribution in [2.45, 2.75) is 57.5 Å². The van der Waals surface area contributed by atoms with Gasteiger partial charge in [0.1, 0.15) is 0 Å². The van der Waals surface area contributed by atoms with E-state index in [0.717, 1.165) is 44.1 Å². The Labute approximate surface area is 148 Å². The molecule has 0 unspecified atom stereocenters. The molecule has 0 radical (unpaired) electrons. The quantitative estimate of drug-likeness (QED) is 0.734. The fourth-order valence-corrected chi connectivity index (χ4v) is 2.98. The van der Waals surface area contributed by atoms with Crippen LogP contribution < -0.4 is 9.47 Å². The topological polar surface area (TPSA) is 63.2 Å². The highest BCUT2D eigenvalue weighted by Gasteiger charge is 2.21. The molecule has 2 atom stereocenters. The summed E-state index contributed by atoms with van der Waals surface area (Å²) in [5, 5.41) is 0. The van der Waals surface area contributed by atoms with Crippen LogP contribution >= 0.6 is 0 Å². The average Bonchev–Trinajstić information content (AvgIpc) is 2.65. The average molecular weight is 350 g/mol. The normalized spacial score (nSPS) is 23.7. The molecule has 0 saturated carbocycles. The number of ether oxygens (including phenoxy) is 5. The van der Waals surface area contributed by atoms with E-state index in [1.54, 1.807) is 0 Å². The minimum atomic E-state index is -0.288. The zero-order valence-corrected chi connectivity index (χ0v) is 14.7. The summed E-state index contributed by atoms with van der Waals surface area (Å²) >= 11 is 0. The first-order valence-corrected chi connectivity index (χ1v) is 9.01. The molecule has 2 fully saturated rings. The van der Waals surface area contributed by atoms with Crippen molar-refractivity contribution in [3.8, 4) is 11.5 Å².